The van der Waals surface area contributed by atoms with Crippen molar-refractivity contribution in [2.45, 2.75) is 17.7 Å². The second kappa shape index (κ2) is 8.91. The zero-order valence-electron chi connectivity index (χ0n) is 16.9. The van der Waals surface area contributed by atoms with E-state index < -0.39 is 15.9 Å². The summed E-state index contributed by atoms with van der Waals surface area (Å²) in [6.07, 6.45) is 2.99. The molecule has 2 heterocycles. The number of nitrogens with one attached hydrogen (secondary N) is 3. The monoisotopic (exact) mass is 440 g/mol. The number of fused-ring (bicyclic) bond motifs is 1. The lowest BCUT2D eigenvalue weighted by molar-refractivity contribution is -0.128. The molecule has 0 unspecified atom stereocenters. The van der Waals surface area contributed by atoms with Crippen molar-refractivity contribution in [2.75, 3.05) is 25.0 Å². The van der Waals surface area contributed by atoms with Crippen molar-refractivity contribution in [1.82, 2.24) is 14.6 Å². The summed E-state index contributed by atoms with van der Waals surface area (Å²) in [6, 6.07) is 15.6. The first kappa shape index (κ1) is 21.1. The van der Waals surface area contributed by atoms with Crippen LogP contribution >= 0.6 is 0 Å². The second-order valence-corrected chi connectivity index (χ2v) is 9.50. The van der Waals surface area contributed by atoms with Crippen LogP contribution in [0.3, 0.4) is 0 Å². The van der Waals surface area contributed by atoms with Crippen molar-refractivity contribution in [3.8, 4) is 0 Å². The van der Waals surface area contributed by atoms with E-state index in [0.29, 0.717) is 25.1 Å². The van der Waals surface area contributed by atoms with Crippen LogP contribution in [-0.2, 0) is 19.6 Å². The molecule has 2 aromatic carbocycles. The molecule has 31 heavy (non-hydrogen) atoms. The van der Waals surface area contributed by atoms with Gasteiger partial charge in [-0.15, -0.1) is 0 Å². The standard InChI is InChI=1S/C22H24N4O4S/c27-21(25-18-8-9-20-16(13-18)10-11-23-20)14-24-22(28)17-5-4-12-26(15-17)31(29,30)19-6-2-1-3-7-19/h1-3,6-11,13,17,23H,4-5,12,14-15H2,(H,24,28)(H,25,27)/t17-/m0/s1. The van der Waals surface area contributed by atoms with Gasteiger partial charge in [-0.3, -0.25) is 9.59 Å². The summed E-state index contributed by atoms with van der Waals surface area (Å²) in [5, 5.41) is 6.38. The molecule has 2 amide bonds. The Labute approximate surface area is 180 Å². The minimum absolute atomic E-state index is 0.106. The third-order valence-electron chi connectivity index (χ3n) is 5.40. The highest BCUT2D eigenvalue weighted by Crippen LogP contribution is 2.24. The normalized spacial score (nSPS) is 17.4. The average Bonchev–Trinajstić information content (AvgIpc) is 3.26. The molecule has 0 saturated carbocycles. The van der Waals surface area contributed by atoms with Gasteiger partial charge in [-0.1, -0.05) is 18.2 Å². The molecule has 0 bridgehead atoms. The number of hydrogen-bond donors (Lipinski definition) is 3. The number of carbonyl (C=O) groups is 2. The van der Waals surface area contributed by atoms with Crippen LogP contribution in [0, 0.1) is 5.92 Å². The van der Waals surface area contributed by atoms with Crippen molar-refractivity contribution in [2.24, 2.45) is 5.92 Å². The molecule has 0 spiro atoms. The molecule has 1 atom stereocenters. The SMILES string of the molecule is O=C(CNC(=O)[C@H]1CCCN(S(=O)(=O)c2ccccc2)C1)Nc1ccc2[nH]ccc2c1. The van der Waals surface area contributed by atoms with Gasteiger partial charge in [-0.05, 0) is 49.2 Å². The van der Waals surface area contributed by atoms with E-state index in [-0.39, 0.29) is 29.8 Å². The Morgan fingerprint density at radius 3 is 2.71 bits per heavy atom. The molecule has 3 N–H and O–H groups in total. The summed E-state index contributed by atoms with van der Waals surface area (Å²) < 4.78 is 27.0. The Bertz CT molecular complexity index is 1190. The van der Waals surface area contributed by atoms with E-state index in [2.05, 4.69) is 15.6 Å². The lowest BCUT2D eigenvalue weighted by Crippen LogP contribution is -2.46. The van der Waals surface area contributed by atoms with Gasteiger partial charge in [0, 0.05) is 35.9 Å². The Morgan fingerprint density at radius 1 is 1.10 bits per heavy atom. The molecule has 1 aliphatic heterocycles. The van der Waals surface area contributed by atoms with E-state index in [0.717, 1.165) is 10.9 Å². The number of rotatable bonds is 6. The van der Waals surface area contributed by atoms with Crippen LogP contribution in [0.25, 0.3) is 10.9 Å². The van der Waals surface area contributed by atoms with E-state index in [1.54, 1.807) is 36.4 Å². The molecule has 1 fully saturated rings. The smallest absolute Gasteiger partial charge is 0.243 e. The number of benzene rings is 2. The van der Waals surface area contributed by atoms with Crippen LogP contribution in [0.4, 0.5) is 5.69 Å². The van der Waals surface area contributed by atoms with Crippen molar-refractivity contribution in [1.29, 1.82) is 0 Å². The van der Waals surface area contributed by atoms with Gasteiger partial charge in [0.1, 0.15) is 0 Å². The van der Waals surface area contributed by atoms with Crippen molar-refractivity contribution in [3.63, 3.8) is 0 Å². The fourth-order valence-electron chi connectivity index (χ4n) is 3.76. The predicted octanol–water partition coefficient (Wildman–Crippen LogP) is 2.32. The van der Waals surface area contributed by atoms with Gasteiger partial charge in [0.25, 0.3) is 0 Å². The minimum atomic E-state index is -3.64. The maximum atomic E-state index is 12.8. The van der Waals surface area contributed by atoms with Crippen LogP contribution < -0.4 is 10.6 Å². The molecule has 1 saturated heterocycles. The highest BCUT2D eigenvalue weighted by Gasteiger charge is 2.33. The van der Waals surface area contributed by atoms with Gasteiger partial charge >= 0.3 is 0 Å². The van der Waals surface area contributed by atoms with Crippen LogP contribution in [0.5, 0.6) is 0 Å². The zero-order chi connectivity index (χ0) is 21.8. The van der Waals surface area contributed by atoms with Crippen LogP contribution in [0.1, 0.15) is 12.8 Å². The maximum Gasteiger partial charge on any atom is 0.243 e. The van der Waals surface area contributed by atoms with E-state index >= 15 is 0 Å². The maximum absolute atomic E-state index is 12.8. The Kier molecular flexibility index (Phi) is 6.06. The van der Waals surface area contributed by atoms with Crippen molar-refractivity contribution in [3.05, 3.63) is 60.8 Å². The number of aromatic nitrogens is 1. The number of anilines is 1. The number of sulfonamides is 1. The molecule has 0 aliphatic carbocycles. The lowest BCUT2D eigenvalue weighted by Gasteiger charge is -2.31. The number of hydrogen-bond acceptors (Lipinski definition) is 4. The Balaban J connectivity index is 1.32. The molecule has 1 aliphatic rings. The van der Waals surface area contributed by atoms with Crippen molar-refractivity contribution < 1.29 is 18.0 Å². The van der Waals surface area contributed by atoms with E-state index in [9.17, 15) is 18.0 Å². The van der Waals surface area contributed by atoms with Gasteiger partial charge in [-0.25, -0.2) is 8.42 Å². The van der Waals surface area contributed by atoms with E-state index in [1.807, 2.05) is 24.4 Å². The molecule has 8 nitrogen and oxygen atoms in total. The van der Waals surface area contributed by atoms with Gasteiger partial charge in [0.15, 0.2) is 0 Å². The number of carbonyl (C=O) groups excluding carboxylic acids is 2. The highest BCUT2D eigenvalue weighted by atomic mass is 32.2. The van der Waals surface area contributed by atoms with Gasteiger partial charge in [0.2, 0.25) is 21.8 Å². The lowest BCUT2D eigenvalue weighted by atomic mass is 9.99. The van der Waals surface area contributed by atoms with E-state index in [1.165, 1.54) is 4.31 Å². The predicted molar refractivity (Wildman–Crippen MR) is 118 cm³/mol. The fraction of sp³-hybridized carbons (Fsp3) is 0.273. The molecule has 0 radical (unpaired) electrons. The zero-order valence-corrected chi connectivity index (χ0v) is 17.7. The summed E-state index contributed by atoms with van der Waals surface area (Å²) in [5.74, 6) is -1.15. The number of nitrogens with zero attached hydrogens (tertiary/aromatic N) is 1. The number of aromatic amines is 1. The highest BCUT2D eigenvalue weighted by molar-refractivity contribution is 7.89. The second-order valence-electron chi connectivity index (χ2n) is 7.56. The third kappa shape index (κ3) is 4.78. The Morgan fingerprint density at radius 2 is 1.90 bits per heavy atom. The first-order valence-corrected chi connectivity index (χ1v) is 11.6. The molecular weight excluding hydrogens is 416 g/mol. The largest absolute Gasteiger partial charge is 0.361 e. The van der Waals surface area contributed by atoms with Crippen LogP contribution in [0.15, 0.2) is 65.7 Å². The fourth-order valence-corrected chi connectivity index (χ4v) is 5.31. The molecule has 1 aromatic heterocycles. The average molecular weight is 441 g/mol. The quantitative estimate of drug-likeness (QED) is 0.546. The number of piperidine rings is 1. The molecule has 162 valence electrons. The summed E-state index contributed by atoms with van der Waals surface area (Å²) >= 11 is 0. The molecule has 9 heteroatoms. The third-order valence-corrected chi connectivity index (χ3v) is 7.28. The topological polar surface area (TPSA) is 111 Å². The van der Waals surface area contributed by atoms with Gasteiger partial charge < -0.3 is 15.6 Å². The number of H-pyrrole nitrogens is 1. The molecule has 4 rings (SSSR count). The molecular formula is C22H24N4O4S. The Hall–Kier alpha value is -3.17. The summed E-state index contributed by atoms with van der Waals surface area (Å²) in [4.78, 5) is 28.1. The van der Waals surface area contributed by atoms with Crippen LogP contribution in [0.2, 0.25) is 0 Å². The minimum Gasteiger partial charge on any atom is -0.361 e. The number of amides is 2. The summed E-state index contributed by atoms with van der Waals surface area (Å²) in [7, 11) is -3.64. The first-order valence-electron chi connectivity index (χ1n) is 10.1. The van der Waals surface area contributed by atoms with Gasteiger partial charge in [-0.2, -0.15) is 4.31 Å². The summed E-state index contributed by atoms with van der Waals surface area (Å²) in [5.41, 5.74) is 1.61. The van der Waals surface area contributed by atoms with E-state index in [4.69, 9.17) is 0 Å². The van der Waals surface area contributed by atoms with Crippen molar-refractivity contribution >= 4 is 38.4 Å². The first-order chi connectivity index (χ1) is 14.9. The van der Waals surface area contributed by atoms with Crippen LogP contribution in [-0.4, -0.2) is 49.2 Å². The summed E-state index contributed by atoms with van der Waals surface area (Å²) in [6.45, 7) is 0.309. The molecule has 3 aromatic rings. The van der Waals surface area contributed by atoms with Gasteiger partial charge in [0.05, 0.1) is 17.4 Å².